The van der Waals surface area contributed by atoms with E-state index in [1.807, 2.05) is 0 Å². The number of carboxylic acid groups (broad SMARTS) is 1. The lowest BCUT2D eigenvalue weighted by Crippen LogP contribution is -2.41. The lowest BCUT2D eigenvalue weighted by Gasteiger charge is -2.27. The van der Waals surface area contributed by atoms with Crippen molar-refractivity contribution in [1.82, 2.24) is 5.32 Å². The number of hydrogen-bond donors (Lipinski definition) is 2. The molecule has 2 atom stereocenters. The third-order valence-electron chi connectivity index (χ3n) is 4.46. The van der Waals surface area contributed by atoms with Gasteiger partial charge in [-0.2, -0.15) is 0 Å². The summed E-state index contributed by atoms with van der Waals surface area (Å²) in [5.74, 6) is -1.01. The number of nitrogens with one attached hydrogen (secondary N) is 1. The van der Waals surface area contributed by atoms with E-state index in [0.29, 0.717) is 12.3 Å². The zero-order valence-electron chi connectivity index (χ0n) is 10.9. The standard InChI is InChI=1S/C14H23NO3/c16-13(15-9-10-5-1-2-6-10)11-7-3-4-8-12(11)14(17)18/h10-12H,1-9H2,(H,15,16)(H,17,18). The molecule has 18 heavy (non-hydrogen) atoms. The van der Waals surface area contributed by atoms with E-state index in [2.05, 4.69) is 5.32 Å². The Bertz CT molecular complexity index is 310. The van der Waals surface area contributed by atoms with Gasteiger partial charge in [0.1, 0.15) is 0 Å². The van der Waals surface area contributed by atoms with Crippen LogP contribution in [0, 0.1) is 17.8 Å². The highest BCUT2D eigenvalue weighted by Crippen LogP contribution is 2.31. The molecule has 2 unspecified atom stereocenters. The molecule has 0 saturated heterocycles. The van der Waals surface area contributed by atoms with Gasteiger partial charge in [0.25, 0.3) is 0 Å². The van der Waals surface area contributed by atoms with Crippen molar-refractivity contribution in [3.63, 3.8) is 0 Å². The maximum atomic E-state index is 12.1. The van der Waals surface area contributed by atoms with Crippen LogP contribution in [-0.4, -0.2) is 23.5 Å². The lowest BCUT2D eigenvalue weighted by atomic mass is 9.78. The highest BCUT2D eigenvalue weighted by Gasteiger charge is 2.35. The number of carbonyl (C=O) groups excluding carboxylic acids is 1. The number of carboxylic acids is 1. The second-order valence-corrected chi connectivity index (χ2v) is 5.73. The van der Waals surface area contributed by atoms with Crippen molar-refractivity contribution in [2.75, 3.05) is 6.54 Å². The molecule has 2 aliphatic carbocycles. The van der Waals surface area contributed by atoms with Gasteiger partial charge in [0, 0.05) is 6.54 Å². The average molecular weight is 253 g/mol. The van der Waals surface area contributed by atoms with Crippen LogP contribution in [-0.2, 0) is 9.59 Å². The second-order valence-electron chi connectivity index (χ2n) is 5.73. The molecule has 0 radical (unpaired) electrons. The van der Waals surface area contributed by atoms with Crippen molar-refractivity contribution in [3.8, 4) is 0 Å². The van der Waals surface area contributed by atoms with E-state index < -0.39 is 11.9 Å². The van der Waals surface area contributed by atoms with Crippen molar-refractivity contribution in [3.05, 3.63) is 0 Å². The first kappa shape index (κ1) is 13.4. The minimum Gasteiger partial charge on any atom is -0.481 e. The Hall–Kier alpha value is -1.06. The zero-order chi connectivity index (χ0) is 13.0. The van der Waals surface area contributed by atoms with E-state index in [-0.39, 0.29) is 11.8 Å². The van der Waals surface area contributed by atoms with Gasteiger partial charge in [0.15, 0.2) is 0 Å². The largest absolute Gasteiger partial charge is 0.481 e. The smallest absolute Gasteiger partial charge is 0.307 e. The molecule has 2 rings (SSSR count). The predicted molar refractivity (Wildman–Crippen MR) is 68.1 cm³/mol. The highest BCUT2D eigenvalue weighted by atomic mass is 16.4. The van der Waals surface area contributed by atoms with Gasteiger partial charge in [-0.25, -0.2) is 0 Å². The van der Waals surface area contributed by atoms with Crippen molar-refractivity contribution < 1.29 is 14.7 Å². The van der Waals surface area contributed by atoms with Crippen LogP contribution in [0.4, 0.5) is 0 Å². The first-order valence-electron chi connectivity index (χ1n) is 7.19. The molecule has 2 saturated carbocycles. The van der Waals surface area contributed by atoms with Gasteiger partial charge < -0.3 is 10.4 Å². The summed E-state index contributed by atoms with van der Waals surface area (Å²) in [6.45, 7) is 0.738. The van der Waals surface area contributed by atoms with Gasteiger partial charge in [0.05, 0.1) is 11.8 Å². The number of amides is 1. The molecule has 0 bridgehead atoms. The summed E-state index contributed by atoms with van der Waals surface area (Å²) >= 11 is 0. The van der Waals surface area contributed by atoms with E-state index in [1.54, 1.807) is 0 Å². The lowest BCUT2D eigenvalue weighted by molar-refractivity contribution is -0.148. The maximum Gasteiger partial charge on any atom is 0.307 e. The summed E-state index contributed by atoms with van der Waals surface area (Å²) in [6.07, 6.45) is 8.23. The molecule has 4 heteroatoms. The summed E-state index contributed by atoms with van der Waals surface area (Å²) < 4.78 is 0. The molecule has 2 N–H and O–H groups in total. The average Bonchev–Trinajstić information content (AvgIpc) is 2.89. The van der Waals surface area contributed by atoms with Gasteiger partial charge in [0.2, 0.25) is 5.91 Å². The van der Waals surface area contributed by atoms with Crippen molar-refractivity contribution in [2.45, 2.75) is 51.4 Å². The molecule has 0 heterocycles. The van der Waals surface area contributed by atoms with Crippen molar-refractivity contribution >= 4 is 11.9 Å². The monoisotopic (exact) mass is 253 g/mol. The quantitative estimate of drug-likeness (QED) is 0.807. The Morgan fingerprint density at radius 1 is 0.944 bits per heavy atom. The van der Waals surface area contributed by atoms with E-state index in [1.165, 1.54) is 25.7 Å². The van der Waals surface area contributed by atoms with Crippen LogP contribution in [0.15, 0.2) is 0 Å². The number of carbonyl (C=O) groups is 2. The Morgan fingerprint density at radius 3 is 2.11 bits per heavy atom. The molecular formula is C14H23NO3. The summed E-state index contributed by atoms with van der Waals surface area (Å²) in [4.78, 5) is 23.2. The normalized spacial score (nSPS) is 29.1. The fourth-order valence-electron chi connectivity index (χ4n) is 3.33. The molecule has 102 valence electrons. The molecule has 4 nitrogen and oxygen atoms in total. The SMILES string of the molecule is O=C(O)C1CCCCC1C(=O)NCC1CCCC1. The topological polar surface area (TPSA) is 66.4 Å². The van der Waals surface area contributed by atoms with E-state index in [4.69, 9.17) is 5.11 Å². The molecule has 0 aliphatic heterocycles. The van der Waals surface area contributed by atoms with Crippen molar-refractivity contribution in [2.24, 2.45) is 17.8 Å². The molecule has 0 spiro atoms. The molecule has 2 fully saturated rings. The van der Waals surface area contributed by atoms with Crippen LogP contribution in [0.2, 0.25) is 0 Å². The summed E-state index contributed by atoms with van der Waals surface area (Å²) in [7, 11) is 0. The van der Waals surface area contributed by atoms with Crippen LogP contribution >= 0.6 is 0 Å². The fourth-order valence-corrected chi connectivity index (χ4v) is 3.33. The first-order chi connectivity index (χ1) is 8.68. The maximum absolute atomic E-state index is 12.1. The van der Waals surface area contributed by atoms with Crippen LogP contribution in [0.3, 0.4) is 0 Å². The van der Waals surface area contributed by atoms with Crippen LogP contribution in [0.25, 0.3) is 0 Å². The third-order valence-corrected chi connectivity index (χ3v) is 4.46. The van der Waals surface area contributed by atoms with E-state index >= 15 is 0 Å². The predicted octanol–water partition coefficient (Wildman–Crippen LogP) is 2.18. The first-order valence-corrected chi connectivity index (χ1v) is 7.19. The summed E-state index contributed by atoms with van der Waals surface area (Å²) in [5.41, 5.74) is 0. The minimum atomic E-state index is -0.810. The van der Waals surface area contributed by atoms with Gasteiger partial charge in [-0.1, -0.05) is 25.7 Å². The molecule has 1 amide bonds. The molecule has 0 aromatic carbocycles. The van der Waals surface area contributed by atoms with Crippen molar-refractivity contribution in [1.29, 1.82) is 0 Å². The molecule has 0 aromatic heterocycles. The minimum absolute atomic E-state index is 0.0333. The van der Waals surface area contributed by atoms with E-state index in [0.717, 1.165) is 25.8 Å². The van der Waals surface area contributed by atoms with E-state index in [9.17, 15) is 9.59 Å². The van der Waals surface area contributed by atoms with Gasteiger partial charge in [-0.15, -0.1) is 0 Å². The fraction of sp³-hybridized carbons (Fsp3) is 0.857. The van der Waals surface area contributed by atoms with Gasteiger partial charge in [-0.05, 0) is 31.6 Å². The van der Waals surface area contributed by atoms with Crippen LogP contribution in [0.5, 0.6) is 0 Å². The second kappa shape index (κ2) is 6.21. The Balaban J connectivity index is 1.83. The summed E-state index contributed by atoms with van der Waals surface area (Å²) in [5, 5.41) is 12.1. The third kappa shape index (κ3) is 3.24. The molecular weight excluding hydrogens is 230 g/mol. The molecule has 0 aromatic rings. The Kier molecular flexibility index (Phi) is 4.61. The highest BCUT2D eigenvalue weighted by molar-refractivity contribution is 5.84. The van der Waals surface area contributed by atoms with Crippen LogP contribution < -0.4 is 5.32 Å². The number of rotatable bonds is 4. The molecule has 2 aliphatic rings. The summed E-state index contributed by atoms with van der Waals surface area (Å²) in [6, 6.07) is 0. The Labute approximate surface area is 108 Å². The zero-order valence-corrected chi connectivity index (χ0v) is 10.9. The van der Waals surface area contributed by atoms with Gasteiger partial charge >= 0.3 is 5.97 Å². The number of hydrogen-bond acceptors (Lipinski definition) is 2. The van der Waals surface area contributed by atoms with Gasteiger partial charge in [-0.3, -0.25) is 9.59 Å². The number of aliphatic carboxylic acids is 1. The van der Waals surface area contributed by atoms with Crippen LogP contribution in [0.1, 0.15) is 51.4 Å². The Morgan fingerprint density at radius 2 is 1.50 bits per heavy atom.